The first-order valence-electron chi connectivity index (χ1n) is 20.9. The molecule has 0 bridgehead atoms. The lowest BCUT2D eigenvalue weighted by Gasteiger charge is -2.19. The van der Waals surface area contributed by atoms with Gasteiger partial charge >= 0.3 is 19.8 Å². The van der Waals surface area contributed by atoms with Crippen molar-refractivity contribution < 1.29 is 42.7 Å². The summed E-state index contributed by atoms with van der Waals surface area (Å²) in [4.78, 5) is 34.8. The maximum Gasteiger partial charge on any atom is 0.472 e. The van der Waals surface area contributed by atoms with Crippen molar-refractivity contribution in [2.45, 2.75) is 174 Å². The van der Waals surface area contributed by atoms with Crippen LogP contribution in [0.4, 0.5) is 0 Å². The van der Waals surface area contributed by atoms with E-state index in [4.69, 9.17) is 24.3 Å². The molecule has 0 rings (SSSR count). The Hall–Kier alpha value is -2.33. The minimum Gasteiger partial charge on any atom is -0.462 e. The summed E-state index contributed by atoms with van der Waals surface area (Å²) in [6.07, 6.45) is 41.5. The van der Waals surface area contributed by atoms with Crippen LogP contribution in [-0.2, 0) is 32.7 Å². The number of carbonyl (C=O) groups is 2. The van der Waals surface area contributed by atoms with E-state index in [0.29, 0.717) is 19.3 Å². The molecule has 312 valence electrons. The number of nitrogens with two attached hydrogens (primary N) is 1. The van der Waals surface area contributed by atoms with E-state index in [1.165, 1.54) is 44.9 Å². The molecule has 0 saturated heterocycles. The second-order valence-corrected chi connectivity index (χ2v) is 15.1. The third-order valence-corrected chi connectivity index (χ3v) is 9.45. The fraction of sp³-hybridized carbons (Fsp3) is 0.721. The number of phosphoric ester groups is 1. The van der Waals surface area contributed by atoms with E-state index in [1.54, 1.807) is 6.08 Å². The molecule has 0 radical (unpaired) electrons. The van der Waals surface area contributed by atoms with Gasteiger partial charge in [0.1, 0.15) is 6.61 Å². The van der Waals surface area contributed by atoms with E-state index in [2.05, 4.69) is 44.2 Å². The van der Waals surface area contributed by atoms with Crippen LogP contribution in [0.25, 0.3) is 0 Å². The Kier molecular flexibility index (Phi) is 37.2. The first kappa shape index (κ1) is 51.7. The highest BCUT2D eigenvalue weighted by Gasteiger charge is 2.26. The quantitative estimate of drug-likeness (QED) is 0.0181. The summed E-state index contributed by atoms with van der Waals surface area (Å²) in [7, 11) is -4.40. The van der Waals surface area contributed by atoms with Gasteiger partial charge in [0, 0.05) is 19.4 Å². The van der Waals surface area contributed by atoms with Crippen molar-refractivity contribution in [2.24, 2.45) is 5.73 Å². The summed E-state index contributed by atoms with van der Waals surface area (Å²) >= 11 is 0. The fourth-order valence-electron chi connectivity index (χ4n) is 5.35. The smallest absolute Gasteiger partial charge is 0.462 e. The van der Waals surface area contributed by atoms with Gasteiger partial charge in [0.2, 0.25) is 0 Å². The lowest BCUT2D eigenvalue weighted by Crippen LogP contribution is -2.29. The highest BCUT2D eigenvalue weighted by molar-refractivity contribution is 7.47. The molecule has 0 aromatic carbocycles. The number of aliphatic hydroxyl groups excluding tert-OH is 1. The van der Waals surface area contributed by atoms with Gasteiger partial charge in [0.15, 0.2) is 6.10 Å². The standard InChI is InChI=1S/C43H76NO9P/c1-3-5-7-8-9-10-11-12-13-14-15-16-17-20-23-26-30-34-42(46)50-38-41(39-52-54(48,49)51-37-36-44)53-43(47)35-31-27-24-21-18-19-22-25-29-33-40(45)32-28-6-4-2/h6,9-10,12-13,22,25,28-29,33,40-41,45H,3-5,7-8,11,14-21,23-24,26-27,30-32,34-39,44H2,1-2H3,(H,48,49)/b10-9-,13-12-,25-22+,28-6+,33-29+/t40?,41-/m1/s1. The molecule has 0 fully saturated rings. The van der Waals surface area contributed by atoms with Gasteiger partial charge in [0.25, 0.3) is 0 Å². The summed E-state index contributed by atoms with van der Waals surface area (Å²) < 4.78 is 32.7. The van der Waals surface area contributed by atoms with E-state index < -0.39 is 38.6 Å². The average Bonchev–Trinajstić information content (AvgIpc) is 3.15. The third kappa shape index (κ3) is 38.0. The van der Waals surface area contributed by atoms with Gasteiger partial charge in [-0.05, 0) is 70.6 Å². The molecule has 0 aromatic rings. The molecule has 3 atom stereocenters. The maximum absolute atomic E-state index is 12.6. The Balaban J connectivity index is 4.26. The van der Waals surface area contributed by atoms with Gasteiger partial charge in [-0.2, -0.15) is 0 Å². The normalized spacial score (nSPS) is 14.5. The lowest BCUT2D eigenvalue weighted by atomic mass is 10.1. The lowest BCUT2D eigenvalue weighted by molar-refractivity contribution is -0.161. The topological polar surface area (TPSA) is 155 Å². The Bertz CT molecular complexity index is 1090. The van der Waals surface area contributed by atoms with Gasteiger partial charge in [-0.3, -0.25) is 18.6 Å². The van der Waals surface area contributed by atoms with Gasteiger partial charge in [-0.15, -0.1) is 0 Å². The van der Waals surface area contributed by atoms with Crippen molar-refractivity contribution in [3.63, 3.8) is 0 Å². The van der Waals surface area contributed by atoms with Crippen molar-refractivity contribution in [2.75, 3.05) is 26.4 Å². The molecule has 2 unspecified atom stereocenters. The van der Waals surface area contributed by atoms with E-state index >= 15 is 0 Å². The van der Waals surface area contributed by atoms with Crippen molar-refractivity contribution in [3.05, 3.63) is 60.8 Å². The maximum atomic E-state index is 12.6. The van der Waals surface area contributed by atoms with Crippen LogP contribution < -0.4 is 5.73 Å². The van der Waals surface area contributed by atoms with Crippen LogP contribution in [0.2, 0.25) is 0 Å². The molecule has 11 heteroatoms. The van der Waals surface area contributed by atoms with Crippen molar-refractivity contribution >= 4 is 19.8 Å². The van der Waals surface area contributed by atoms with Crippen LogP contribution in [0.3, 0.4) is 0 Å². The molecule has 0 aromatic heterocycles. The van der Waals surface area contributed by atoms with Crippen molar-refractivity contribution in [1.29, 1.82) is 0 Å². The van der Waals surface area contributed by atoms with Gasteiger partial charge in [-0.1, -0.05) is 139 Å². The summed E-state index contributed by atoms with van der Waals surface area (Å²) in [6.45, 7) is 3.43. The number of phosphoric acid groups is 1. The summed E-state index contributed by atoms with van der Waals surface area (Å²) in [6, 6.07) is 0. The Morgan fingerprint density at radius 3 is 1.85 bits per heavy atom. The number of esters is 2. The minimum absolute atomic E-state index is 0.0373. The summed E-state index contributed by atoms with van der Waals surface area (Å²) in [5.41, 5.74) is 5.34. The zero-order valence-electron chi connectivity index (χ0n) is 33.8. The van der Waals surface area contributed by atoms with Crippen LogP contribution in [0.5, 0.6) is 0 Å². The minimum atomic E-state index is -4.40. The van der Waals surface area contributed by atoms with Crippen molar-refractivity contribution in [1.82, 2.24) is 0 Å². The summed E-state index contributed by atoms with van der Waals surface area (Å²) in [5.74, 6) is -0.896. The molecule has 54 heavy (non-hydrogen) atoms. The van der Waals surface area contributed by atoms with Crippen LogP contribution in [0.1, 0.15) is 162 Å². The Morgan fingerprint density at radius 2 is 1.24 bits per heavy atom. The van der Waals surface area contributed by atoms with Gasteiger partial charge in [0.05, 0.1) is 19.3 Å². The van der Waals surface area contributed by atoms with E-state index in [9.17, 15) is 24.2 Å². The molecule has 0 aliphatic rings. The first-order valence-corrected chi connectivity index (χ1v) is 22.4. The Morgan fingerprint density at radius 1 is 0.667 bits per heavy atom. The Labute approximate surface area is 328 Å². The molecule has 0 spiro atoms. The zero-order valence-corrected chi connectivity index (χ0v) is 34.7. The molecule has 0 aliphatic carbocycles. The number of rotatable bonds is 38. The number of hydrogen-bond donors (Lipinski definition) is 3. The van der Waals surface area contributed by atoms with Gasteiger partial charge in [-0.25, -0.2) is 4.57 Å². The predicted molar refractivity (Wildman–Crippen MR) is 221 cm³/mol. The molecule has 10 nitrogen and oxygen atoms in total. The fourth-order valence-corrected chi connectivity index (χ4v) is 6.11. The first-order chi connectivity index (χ1) is 26.2. The van der Waals surface area contributed by atoms with E-state index in [0.717, 1.165) is 70.6 Å². The van der Waals surface area contributed by atoms with Crippen LogP contribution in [0.15, 0.2) is 60.8 Å². The molecular formula is C43H76NO9P. The van der Waals surface area contributed by atoms with Crippen LogP contribution in [0, 0.1) is 0 Å². The highest BCUT2D eigenvalue weighted by Crippen LogP contribution is 2.43. The zero-order chi connectivity index (χ0) is 39.8. The number of carbonyl (C=O) groups excluding carboxylic acids is 2. The number of ether oxygens (including phenoxy) is 2. The monoisotopic (exact) mass is 782 g/mol. The molecule has 0 saturated carbocycles. The predicted octanol–water partition coefficient (Wildman–Crippen LogP) is 10.7. The highest BCUT2D eigenvalue weighted by atomic mass is 31.2. The number of hydrogen-bond acceptors (Lipinski definition) is 9. The second kappa shape index (κ2) is 38.9. The SMILES string of the molecule is CC/C=C/CC(O)/C=C/C=C/CCCCCCCC(=O)O[C@H](COC(=O)CCCCCCCCC/C=C\C/C=C\CCCCC)COP(=O)(O)OCCN. The third-order valence-electron chi connectivity index (χ3n) is 8.47. The molecule has 0 aliphatic heterocycles. The van der Waals surface area contributed by atoms with Crippen molar-refractivity contribution in [3.8, 4) is 0 Å². The van der Waals surface area contributed by atoms with Crippen LogP contribution in [-0.4, -0.2) is 60.5 Å². The number of allylic oxidation sites excluding steroid dienone is 8. The average molecular weight is 782 g/mol. The number of unbranched alkanes of at least 4 members (excludes halogenated alkanes) is 15. The molecule has 4 N–H and O–H groups in total. The van der Waals surface area contributed by atoms with Gasteiger partial charge < -0.3 is 25.2 Å². The number of aliphatic hydroxyl groups is 1. The van der Waals surface area contributed by atoms with E-state index in [-0.39, 0.29) is 32.6 Å². The molecule has 0 heterocycles. The second-order valence-electron chi connectivity index (χ2n) is 13.7. The van der Waals surface area contributed by atoms with E-state index in [1.807, 2.05) is 24.3 Å². The van der Waals surface area contributed by atoms with Crippen LogP contribution >= 0.6 is 7.82 Å². The molecule has 0 amide bonds. The summed E-state index contributed by atoms with van der Waals surface area (Å²) in [5, 5.41) is 9.86. The largest absolute Gasteiger partial charge is 0.472 e. The molecular weight excluding hydrogens is 705 g/mol.